The maximum atomic E-state index is 14.1. The number of likely N-dealkylation sites (tertiary alicyclic amines) is 2. The molecule has 0 aliphatic carbocycles. The molecule has 2 bridgehead atoms. The van der Waals surface area contributed by atoms with Gasteiger partial charge in [-0.3, -0.25) is 9.59 Å². The largest absolute Gasteiger partial charge is 0.385 e. The van der Waals surface area contributed by atoms with E-state index in [1.54, 1.807) is 23.0 Å². The second kappa shape index (κ2) is 7.90. The number of methoxy groups -OCH3 is 1. The monoisotopic (exact) mass is 445 g/mol. The lowest BCUT2D eigenvalue weighted by atomic mass is 9.76. The molecular formula is C23H28FN3O5. The van der Waals surface area contributed by atoms with Crippen LogP contribution in [0.4, 0.5) is 4.39 Å². The van der Waals surface area contributed by atoms with Crippen LogP contribution >= 0.6 is 0 Å². The van der Waals surface area contributed by atoms with Crippen LogP contribution in [-0.2, 0) is 24.7 Å². The molecule has 0 saturated carbocycles. The van der Waals surface area contributed by atoms with Gasteiger partial charge in [-0.2, -0.15) is 4.39 Å². The van der Waals surface area contributed by atoms with Crippen molar-refractivity contribution in [1.29, 1.82) is 0 Å². The van der Waals surface area contributed by atoms with E-state index in [-0.39, 0.29) is 43.3 Å². The summed E-state index contributed by atoms with van der Waals surface area (Å²) in [6.07, 6.45) is 5.93. The number of piperidine rings is 1. The molecule has 0 radical (unpaired) electrons. The van der Waals surface area contributed by atoms with Gasteiger partial charge in [0.25, 0.3) is 0 Å². The predicted octanol–water partition coefficient (Wildman–Crippen LogP) is 0.849. The molecule has 5 rings (SSSR count). The summed E-state index contributed by atoms with van der Waals surface area (Å²) in [6, 6.07) is 3.13. The van der Waals surface area contributed by atoms with E-state index < -0.39 is 35.1 Å². The lowest BCUT2D eigenvalue weighted by Crippen LogP contribution is -2.51. The van der Waals surface area contributed by atoms with Gasteiger partial charge in [-0.15, -0.1) is 0 Å². The lowest BCUT2D eigenvalue weighted by Gasteiger charge is -2.40. The van der Waals surface area contributed by atoms with E-state index in [0.717, 1.165) is 6.42 Å². The highest BCUT2D eigenvalue weighted by Gasteiger charge is 2.67. The fourth-order valence-corrected chi connectivity index (χ4v) is 5.76. The standard InChI is InChI=1S/C23H28FN3O5/c1-31-13-3-10-27-14-23-6-5-16(32-23)17(18(23)21(27)29)20(28)26-11-7-22(30,8-12-26)15-4-2-9-25-19(15)24/h2,4-6,9,16-18,30H,3,7-8,10-14H2,1H3/t16-,17+,18-,23-/m1/s1. The Morgan fingerprint density at radius 1 is 1.41 bits per heavy atom. The van der Waals surface area contributed by atoms with Crippen molar-refractivity contribution in [3.8, 4) is 0 Å². The first kappa shape index (κ1) is 21.5. The summed E-state index contributed by atoms with van der Waals surface area (Å²) in [4.78, 5) is 33.8. The van der Waals surface area contributed by atoms with Gasteiger partial charge in [0, 0.05) is 45.1 Å². The van der Waals surface area contributed by atoms with Gasteiger partial charge in [0.15, 0.2) is 0 Å². The first-order chi connectivity index (χ1) is 15.4. The van der Waals surface area contributed by atoms with Gasteiger partial charge < -0.3 is 24.4 Å². The summed E-state index contributed by atoms with van der Waals surface area (Å²) in [5, 5.41) is 11.0. The van der Waals surface area contributed by atoms with E-state index in [4.69, 9.17) is 9.47 Å². The van der Waals surface area contributed by atoms with Crippen molar-refractivity contribution in [3.63, 3.8) is 0 Å². The van der Waals surface area contributed by atoms with Crippen LogP contribution in [0.15, 0.2) is 30.5 Å². The molecule has 0 aromatic carbocycles. The van der Waals surface area contributed by atoms with Gasteiger partial charge in [-0.05, 0) is 25.3 Å². The van der Waals surface area contributed by atoms with Gasteiger partial charge in [0.1, 0.15) is 5.60 Å². The number of rotatable bonds is 6. The van der Waals surface area contributed by atoms with E-state index in [0.29, 0.717) is 19.7 Å². The minimum absolute atomic E-state index is 0.0442. The molecule has 1 spiro atoms. The van der Waals surface area contributed by atoms with Gasteiger partial charge in [0.05, 0.1) is 30.1 Å². The smallest absolute Gasteiger partial charge is 0.230 e. The summed E-state index contributed by atoms with van der Waals surface area (Å²) in [7, 11) is 1.63. The number of amides is 2. The Balaban J connectivity index is 1.29. The molecule has 3 fully saturated rings. The van der Waals surface area contributed by atoms with Gasteiger partial charge in [0.2, 0.25) is 17.8 Å². The van der Waals surface area contributed by atoms with Crippen molar-refractivity contribution in [1.82, 2.24) is 14.8 Å². The number of carbonyl (C=O) groups is 2. The third-order valence-electron chi connectivity index (χ3n) is 7.40. The summed E-state index contributed by atoms with van der Waals surface area (Å²) >= 11 is 0. The molecule has 9 heteroatoms. The molecule has 2 amide bonds. The maximum absolute atomic E-state index is 14.1. The van der Waals surface area contributed by atoms with Crippen LogP contribution in [-0.4, -0.2) is 83.3 Å². The zero-order valence-corrected chi connectivity index (χ0v) is 18.1. The van der Waals surface area contributed by atoms with Crippen LogP contribution in [0.25, 0.3) is 0 Å². The van der Waals surface area contributed by atoms with Gasteiger partial charge >= 0.3 is 0 Å². The Hall–Kier alpha value is -2.36. The van der Waals surface area contributed by atoms with E-state index in [2.05, 4.69) is 4.98 Å². The van der Waals surface area contributed by atoms with Crippen molar-refractivity contribution in [2.24, 2.45) is 11.8 Å². The number of hydrogen-bond donors (Lipinski definition) is 1. The quantitative estimate of drug-likeness (QED) is 0.397. The van der Waals surface area contributed by atoms with E-state index >= 15 is 0 Å². The van der Waals surface area contributed by atoms with Gasteiger partial charge in [-0.1, -0.05) is 18.2 Å². The minimum Gasteiger partial charge on any atom is -0.385 e. The molecule has 172 valence electrons. The third-order valence-corrected chi connectivity index (χ3v) is 7.40. The highest BCUT2D eigenvalue weighted by atomic mass is 19.1. The van der Waals surface area contributed by atoms with Crippen LogP contribution in [0.3, 0.4) is 0 Å². The highest BCUT2D eigenvalue weighted by Crippen LogP contribution is 2.52. The summed E-state index contributed by atoms with van der Waals surface area (Å²) in [6.45, 7) is 2.15. The number of hydrogen-bond acceptors (Lipinski definition) is 6. The number of aromatic nitrogens is 1. The molecule has 1 aromatic rings. The summed E-state index contributed by atoms with van der Waals surface area (Å²) in [5.74, 6) is -1.96. The number of fused-ring (bicyclic) bond motifs is 1. The molecule has 3 saturated heterocycles. The van der Waals surface area contributed by atoms with Crippen LogP contribution in [0.1, 0.15) is 24.8 Å². The molecule has 8 nitrogen and oxygen atoms in total. The molecule has 4 atom stereocenters. The Labute approximate surface area is 186 Å². The zero-order chi connectivity index (χ0) is 22.5. The number of ether oxygens (including phenoxy) is 2. The van der Waals surface area contributed by atoms with Crippen molar-refractivity contribution < 1.29 is 28.6 Å². The zero-order valence-electron chi connectivity index (χ0n) is 18.1. The van der Waals surface area contributed by atoms with Crippen LogP contribution in [0.2, 0.25) is 0 Å². The van der Waals surface area contributed by atoms with Crippen molar-refractivity contribution in [2.45, 2.75) is 36.6 Å². The van der Waals surface area contributed by atoms with E-state index in [1.165, 1.54) is 12.3 Å². The number of aliphatic hydroxyl groups is 1. The number of pyridine rings is 1. The molecule has 32 heavy (non-hydrogen) atoms. The summed E-state index contributed by atoms with van der Waals surface area (Å²) in [5.41, 5.74) is -1.93. The number of nitrogens with zero attached hydrogens (tertiary/aromatic N) is 3. The SMILES string of the molecule is COCCCN1C[C@@]23C=C[C@@H](O2)[C@H](C(=O)N2CCC(O)(c4cccnc4F)CC2)[C@@H]3C1=O. The maximum Gasteiger partial charge on any atom is 0.230 e. The topological polar surface area (TPSA) is 92.2 Å². The molecule has 4 aliphatic heterocycles. The molecule has 4 aliphatic rings. The average Bonchev–Trinajstić information content (AvgIpc) is 3.42. The highest BCUT2D eigenvalue weighted by molar-refractivity contribution is 5.93. The third kappa shape index (κ3) is 3.25. The fraction of sp³-hybridized carbons (Fsp3) is 0.609. The fourth-order valence-electron chi connectivity index (χ4n) is 5.76. The normalized spacial score (nSPS) is 32.6. The first-order valence-electron chi connectivity index (χ1n) is 11.2. The van der Waals surface area contributed by atoms with Crippen molar-refractivity contribution >= 4 is 11.8 Å². The van der Waals surface area contributed by atoms with E-state index in [1.807, 2.05) is 12.2 Å². The van der Waals surface area contributed by atoms with Crippen LogP contribution in [0, 0.1) is 17.8 Å². The van der Waals surface area contributed by atoms with E-state index in [9.17, 15) is 19.1 Å². The van der Waals surface area contributed by atoms with Crippen molar-refractivity contribution in [2.75, 3.05) is 39.9 Å². The lowest BCUT2D eigenvalue weighted by molar-refractivity contribution is -0.146. The Kier molecular flexibility index (Phi) is 5.30. The second-order valence-electron chi connectivity index (χ2n) is 9.20. The van der Waals surface area contributed by atoms with Gasteiger partial charge in [-0.25, -0.2) is 4.98 Å². The average molecular weight is 445 g/mol. The molecule has 0 unspecified atom stereocenters. The Bertz CT molecular complexity index is 947. The molecule has 5 heterocycles. The van der Waals surface area contributed by atoms with Crippen molar-refractivity contribution in [3.05, 3.63) is 42.0 Å². The Morgan fingerprint density at radius 3 is 2.91 bits per heavy atom. The first-order valence-corrected chi connectivity index (χ1v) is 11.2. The predicted molar refractivity (Wildman–Crippen MR) is 111 cm³/mol. The number of halogens is 1. The number of carbonyl (C=O) groups excluding carboxylic acids is 2. The van der Waals surface area contributed by atoms with Crippen LogP contribution < -0.4 is 0 Å². The summed E-state index contributed by atoms with van der Waals surface area (Å²) < 4.78 is 25.4. The molecular weight excluding hydrogens is 417 g/mol. The molecule has 1 N–H and O–H groups in total. The van der Waals surface area contributed by atoms with Crippen LogP contribution in [0.5, 0.6) is 0 Å². The second-order valence-corrected chi connectivity index (χ2v) is 9.20. The molecule has 1 aromatic heterocycles. The Morgan fingerprint density at radius 2 is 2.19 bits per heavy atom. The minimum atomic E-state index is -1.36.